The van der Waals surface area contributed by atoms with Crippen molar-refractivity contribution in [1.29, 1.82) is 0 Å². The van der Waals surface area contributed by atoms with E-state index in [1.54, 1.807) is 30.7 Å². The minimum absolute atomic E-state index is 0.0548. The molecule has 0 spiro atoms. The van der Waals surface area contributed by atoms with Crippen molar-refractivity contribution in [3.63, 3.8) is 0 Å². The van der Waals surface area contributed by atoms with Gasteiger partial charge in [0, 0.05) is 42.4 Å². The Morgan fingerprint density at radius 1 is 1.17 bits per heavy atom. The first-order valence-corrected chi connectivity index (χ1v) is 11.6. The molecule has 1 saturated heterocycles. The summed E-state index contributed by atoms with van der Waals surface area (Å²) in [6, 6.07) is 5.33. The van der Waals surface area contributed by atoms with Crippen LogP contribution in [-0.2, 0) is 23.1 Å². The Morgan fingerprint density at radius 2 is 1.89 bits per heavy atom. The van der Waals surface area contributed by atoms with Crippen LogP contribution in [0.2, 0.25) is 0 Å². The first kappa shape index (κ1) is 23.6. The minimum Gasteiger partial charge on any atom is -0.507 e. The first-order chi connectivity index (χ1) is 16.3. The smallest absolute Gasteiger partial charge is 0.416 e. The van der Waals surface area contributed by atoms with Crippen LogP contribution in [0, 0.1) is 12.8 Å². The lowest BCUT2D eigenvalue weighted by atomic mass is 9.98. The highest BCUT2D eigenvalue weighted by Gasteiger charge is 2.40. The molecule has 1 atom stereocenters. The number of fused-ring (bicyclic) bond motifs is 1. The number of benzene rings is 1. The second kappa shape index (κ2) is 7.94. The maximum atomic E-state index is 13.1. The van der Waals surface area contributed by atoms with Crippen molar-refractivity contribution >= 4 is 16.9 Å². The van der Waals surface area contributed by atoms with Crippen molar-refractivity contribution in [3.8, 4) is 17.0 Å². The molecule has 10 heteroatoms. The number of phenolic OH excluding ortho intramolecular Hbond substituents is 1. The average Bonchev–Trinajstić information content (AvgIpc) is 3.40. The highest BCUT2D eigenvalue weighted by molar-refractivity contribution is 5.84. The Kier molecular flexibility index (Phi) is 5.35. The lowest BCUT2D eigenvalue weighted by Crippen LogP contribution is -2.28. The molecule has 1 saturated carbocycles. The number of hydrogen-bond donors (Lipinski definition) is 2. The molecule has 1 amide bonds. The van der Waals surface area contributed by atoms with E-state index in [1.807, 2.05) is 4.90 Å². The molecule has 0 unspecified atom stereocenters. The summed E-state index contributed by atoms with van der Waals surface area (Å²) in [6.45, 7) is 5.87. The van der Waals surface area contributed by atoms with E-state index in [0.29, 0.717) is 48.3 Å². The van der Waals surface area contributed by atoms with Crippen LogP contribution in [0.3, 0.4) is 0 Å². The summed E-state index contributed by atoms with van der Waals surface area (Å²) in [5.74, 6) is -0.317. The molecule has 2 aromatic heterocycles. The third-order valence-corrected chi connectivity index (χ3v) is 6.74. The zero-order valence-electron chi connectivity index (χ0n) is 19.7. The molecule has 1 aromatic carbocycles. The Bertz CT molecular complexity index is 1300. The van der Waals surface area contributed by atoms with Gasteiger partial charge in [-0.25, -0.2) is 4.98 Å². The van der Waals surface area contributed by atoms with Crippen molar-refractivity contribution in [2.75, 3.05) is 6.54 Å². The van der Waals surface area contributed by atoms with E-state index in [4.69, 9.17) is 0 Å². The molecule has 2 fully saturated rings. The van der Waals surface area contributed by atoms with Gasteiger partial charge >= 0.3 is 6.18 Å². The van der Waals surface area contributed by atoms with Crippen molar-refractivity contribution in [3.05, 3.63) is 41.1 Å². The van der Waals surface area contributed by atoms with Crippen LogP contribution >= 0.6 is 0 Å². The predicted molar refractivity (Wildman–Crippen MR) is 122 cm³/mol. The number of aromatic hydroxyl groups is 1. The molecular formula is C25H27F3N4O3. The topological polar surface area (TPSA) is 91.5 Å². The number of alkyl halides is 3. The van der Waals surface area contributed by atoms with Crippen LogP contribution in [0.15, 0.2) is 24.3 Å². The Morgan fingerprint density at radius 3 is 2.49 bits per heavy atom. The molecule has 1 aliphatic carbocycles. The molecule has 3 heterocycles. The quantitative estimate of drug-likeness (QED) is 0.557. The molecule has 3 aromatic rings. The Hall–Kier alpha value is -3.14. The number of aliphatic hydroxyl groups is 1. The summed E-state index contributed by atoms with van der Waals surface area (Å²) in [5, 5.41) is 26.5. The zero-order valence-corrected chi connectivity index (χ0v) is 19.7. The van der Waals surface area contributed by atoms with Gasteiger partial charge in [0.25, 0.3) is 0 Å². The van der Waals surface area contributed by atoms with Gasteiger partial charge in [-0.2, -0.15) is 18.3 Å². The van der Waals surface area contributed by atoms with Gasteiger partial charge < -0.3 is 15.1 Å². The van der Waals surface area contributed by atoms with Gasteiger partial charge in [-0.15, -0.1) is 0 Å². The molecule has 1 aliphatic heterocycles. The fourth-order valence-corrected chi connectivity index (χ4v) is 5.11. The van der Waals surface area contributed by atoms with E-state index in [0.717, 1.165) is 18.9 Å². The average molecular weight is 489 g/mol. The predicted octanol–water partition coefficient (Wildman–Crippen LogP) is 4.37. The number of carbonyl (C=O) groups is 1. The zero-order chi connectivity index (χ0) is 25.3. The third kappa shape index (κ3) is 4.35. The van der Waals surface area contributed by atoms with Crippen LogP contribution < -0.4 is 0 Å². The molecule has 2 N–H and O–H groups in total. The van der Waals surface area contributed by atoms with Gasteiger partial charge in [-0.3, -0.25) is 9.48 Å². The van der Waals surface area contributed by atoms with E-state index >= 15 is 0 Å². The molecule has 2 aliphatic rings. The standard InChI is InChI=1S/C25H27F3N4O3/c1-13-8-15(25(26,27)28)10-19(33)21(13)18-7-6-17-22(24(2,3)35)32(30-23(17)29-18)12-14-9-20(34)31(11-14)16-4-5-16/h6-8,10,14,16,33,35H,4-5,9,11-12H2,1-3H3/t14-/m0/s1. The lowest BCUT2D eigenvalue weighted by molar-refractivity contribution is -0.137. The molecule has 7 nitrogen and oxygen atoms in total. The fourth-order valence-electron chi connectivity index (χ4n) is 5.11. The van der Waals surface area contributed by atoms with Gasteiger partial charge in [-0.05, 0) is 63.4 Å². The van der Waals surface area contributed by atoms with Gasteiger partial charge in [0.05, 0.1) is 17.0 Å². The highest BCUT2D eigenvalue weighted by atomic mass is 19.4. The number of carbonyl (C=O) groups excluding carboxylic acids is 1. The van der Waals surface area contributed by atoms with E-state index in [1.165, 1.54) is 6.92 Å². The van der Waals surface area contributed by atoms with Crippen molar-refractivity contribution in [1.82, 2.24) is 19.7 Å². The number of hydrogen-bond acceptors (Lipinski definition) is 5. The minimum atomic E-state index is -4.57. The number of nitrogens with zero attached hydrogens (tertiary/aromatic N) is 4. The maximum Gasteiger partial charge on any atom is 0.416 e. The second-order valence-corrected chi connectivity index (χ2v) is 10.2. The van der Waals surface area contributed by atoms with Crippen molar-refractivity contribution in [2.24, 2.45) is 5.92 Å². The summed E-state index contributed by atoms with van der Waals surface area (Å²) < 4.78 is 41.1. The fraction of sp³-hybridized carbons (Fsp3) is 0.480. The second-order valence-electron chi connectivity index (χ2n) is 10.2. The first-order valence-electron chi connectivity index (χ1n) is 11.6. The monoisotopic (exact) mass is 488 g/mol. The Balaban J connectivity index is 1.53. The SMILES string of the molecule is Cc1cc(C(F)(F)F)cc(O)c1-c1ccc2c(C(C)(C)O)n(C[C@H]3CC(=O)N(C4CC4)C3)nc2n1. The number of rotatable bonds is 5. The normalized spacial score (nSPS) is 19.2. The summed E-state index contributed by atoms with van der Waals surface area (Å²) >= 11 is 0. The number of aromatic nitrogens is 3. The number of likely N-dealkylation sites (tertiary alicyclic amines) is 1. The molecule has 0 bridgehead atoms. The molecule has 0 radical (unpaired) electrons. The van der Waals surface area contributed by atoms with Gasteiger partial charge in [0.15, 0.2) is 5.65 Å². The molecule has 186 valence electrons. The molecular weight excluding hydrogens is 461 g/mol. The number of phenols is 1. The number of aryl methyl sites for hydroxylation is 1. The largest absolute Gasteiger partial charge is 0.507 e. The van der Waals surface area contributed by atoms with Crippen molar-refractivity contribution < 1.29 is 28.2 Å². The van der Waals surface area contributed by atoms with E-state index < -0.39 is 23.1 Å². The van der Waals surface area contributed by atoms with E-state index in [2.05, 4.69) is 10.1 Å². The summed E-state index contributed by atoms with van der Waals surface area (Å²) in [4.78, 5) is 18.9. The van der Waals surface area contributed by atoms with Crippen LogP contribution in [0.4, 0.5) is 13.2 Å². The van der Waals surface area contributed by atoms with E-state index in [9.17, 15) is 28.2 Å². The number of pyridine rings is 1. The highest BCUT2D eigenvalue weighted by Crippen LogP contribution is 2.40. The molecule has 35 heavy (non-hydrogen) atoms. The van der Waals surface area contributed by atoms with E-state index in [-0.39, 0.29) is 28.6 Å². The molecule has 5 rings (SSSR count). The summed E-state index contributed by atoms with van der Waals surface area (Å²) in [7, 11) is 0. The van der Waals surface area contributed by atoms with Gasteiger partial charge in [-0.1, -0.05) is 0 Å². The Labute approximate surface area is 200 Å². The lowest BCUT2D eigenvalue weighted by Gasteiger charge is -2.21. The maximum absolute atomic E-state index is 13.1. The van der Waals surface area contributed by atoms with Crippen LogP contribution in [0.1, 0.15) is 49.9 Å². The number of amides is 1. The third-order valence-electron chi connectivity index (χ3n) is 6.74. The van der Waals surface area contributed by atoms with Crippen LogP contribution in [0.5, 0.6) is 5.75 Å². The van der Waals surface area contributed by atoms with Crippen molar-refractivity contribution in [2.45, 2.75) is 64.4 Å². The summed E-state index contributed by atoms with van der Waals surface area (Å²) in [5.41, 5.74) is -0.611. The number of halogens is 3. The van der Waals surface area contributed by atoms with Crippen LogP contribution in [0.25, 0.3) is 22.3 Å². The van der Waals surface area contributed by atoms with Crippen LogP contribution in [-0.4, -0.2) is 48.4 Å². The van der Waals surface area contributed by atoms with Gasteiger partial charge in [0.1, 0.15) is 11.4 Å². The summed E-state index contributed by atoms with van der Waals surface area (Å²) in [6.07, 6.45) is -2.06. The van der Waals surface area contributed by atoms with Gasteiger partial charge in [0.2, 0.25) is 5.91 Å².